The number of carboxylic acid groups (broad SMARTS) is 1. The van der Waals surface area contributed by atoms with Gasteiger partial charge in [-0.25, -0.2) is 9.59 Å². The number of nitrogens with one attached hydrogen (secondary N) is 1. The summed E-state index contributed by atoms with van der Waals surface area (Å²) in [5.41, 5.74) is 0. The van der Waals surface area contributed by atoms with Crippen LogP contribution in [0.5, 0.6) is 0 Å². The van der Waals surface area contributed by atoms with Gasteiger partial charge >= 0.3 is 12.0 Å². The zero-order valence-electron chi connectivity index (χ0n) is 12.9. The number of carboxylic acids is 1. The van der Waals surface area contributed by atoms with Crippen LogP contribution in [0.3, 0.4) is 0 Å². The molecule has 0 aliphatic rings. The first-order chi connectivity index (χ1) is 9.27. The van der Waals surface area contributed by atoms with Crippen LogP contribution in [0.15, 0.2) is 12.7 Å². The molecule has 2 N–H and O–H groups in total. The second-order valence-electron chi connectivity index (χ2n) is 5.51. The predicted molar refractivity (Wildman–Crippen MR) is 79.7 cm³/mol. The van der Waals surface area contributed by atoms with Crippen molar-refractivity contribution in [1.82, 2.24) is 15.1 Å². The molecule has 0 heterocycles. The Morgan fingerprint density at radius 1 is 1.30 bits per heavy atom. The summed E-state index contributed by atoms with van der Waals surface area (Å²) in [6.45, 7) is 9.45. The van der Waals surface area contributed by atoms with Crippen LogP contribution in [-0.2, 0) is 4.79 Å². The van der Waals surface area contributed by atoms with E-state index >= 15 is 0 Å². The largest absolute Gasteiger partial charge is 0.480 e. The molecule has 0 spiro atoms. The van der Waals surface area contributed by atoms with Crippen LogP contribution in [0.2, 0.25) is 0 Å². The van der Waals surface area contributed by atoms with Gasteiger partial charge in [0.25, 0.3) is 0 Å². The normalized spacial score (nSPS) is 12.3. The van der Waals surface area contributed by atoms with Gasteiger partial charge in [-0.15, -0.1) is 6.58 Å². The number of hydrogen-bond donors (Lipinski definition) is 2. The average molecular weight is 285 g/mol. The Hall–Kier alpha value is -1.56. The van der Waals surface area contributed by atoms with Crippen LogP contribution >= 0.6 is 0 Å². The lowest BCUT2D eigenvalue weighted by atomic mass is 10.2. The maximum absolute atomic E-state index is 12.2. The molecule has 0 bridgehead atoms. The maximum Gasteiger partial charge on any atom is 0.326 e. The molecule has 6 nitrogen and oxygen atoms in total. The van der Waals surface area contributed by atoms with Crippen molar-refractivity contribution < 1.29 is 14.7 Å². The number of likely N-dealkylation sites (N-methyl/N-ethyl adjacent to an activating group) is 1. The van der Waals surface area contributed by atoms with Crippen LogP contribution in [0.1, 0.15) is 20.3 Å². The van der Waals surface area contributed by atoms with Gasteiger partial charge in [0.15, 0.2) is 0 Å². The summed E-state index contributed by atoms with van der Waals surface area (Å²) >= 11 is 0. The molecule has 20 heavy (non-hydrogen) atoms. The summed E-state index contributed by atoms with van der Waals surface area (Å²) < 4.78 is 0. The quantitative estimate of drug-likeness (QED) is 0.625. The molecule has 6 heteroatoms. The molecule has 0 saturated heterocycles. The van der Waals surface area contributed by atoms with E-state index in [2.05, 4.69) is 11.9 Å². The van der Waals surface area contributed by atoms with Crippen molar-refractivity contribution >= 4 is 12.0 Å². The first kappa shape index (κ1) is 18.4. The Morgan fingerprint density at radius 3 is 2.30 bits per heavy atom. The molecule has 0 aromatic heterocycles. The van der Waals surface area contributed by atoms with E-state index in [0.717, 1.165) is 6.54 Å². The maximum atomic E-state index is 12.2. The molecule has 2 amide bonds. The minimum Gasteiger partial charge on any atom is -0.480 e. The van der Waals surface area contributed by atoms with Gasteiger partial charge in [0.1, 0.15) is 6.04 Å². The summed E-state index contributed by atoms with van der Waals surface area (Å²) in [5, 5.41) is 11.6. The molecule has 0 saturated carbocycles. The van der Waals surface area contributed by atoms with Gasteiger partial charge in [0, 0.05) is 19.6 Å². The molecule has 0 aromatic rings. The van der Waals surface area contributed by atoms with Gasteiger partial charge in [-0.1, -0.05) is 19.9 Å². The van der Waals surface area contributed by atoms with E-state index in [4.69, 9.17) is 5.11 Å². The zero-order valence-corrected chi connectivity index (χ0v) is 12.9. The molecule has 116 valence electrons. The fourth-order valence-electron chi connectivity index (χ4n) is 1.67. The predicted octanol–water partition coefficient (Wildman–Crippen LogP) is 1.24. The summed E-state index contributed by atoms with van der Waals surface area (Å²) in [7, 11) is 3.87. The molecule has 0 aromatic carbocycles. The zero-order chi connectivity index (χ0) is 15.7. The number of rotatable bonds is 9. The average Bonchev–Trinajstić information content (AvgIpc) is 2.32. The van der Waals surface area contributed by atoms with Crippen molar-refractivity contribution in [2.24, 2.45) is 5.92 Å². The number of amides is 2. The Kier molecular flexibility index (Phi) is 8.63. The molecule has 1 unspecified atom stereocenters. The second-order valence-corrected chi connectivity index (χ2v) is 5.51. The van der Waals surface area contributed by atoms with E-state index in [0.29, 0.717) is 19.0 Å². The number of carbonyl (C=O) groups excluding carboxylic acids is 1. The number of urea groups is 1. The Labute approximate surface area is 121 Å². The lowest BCUT2D eigenvalue weighted by Crippen LogP contribution is -2.50. The fourth-order valence-corrected chi connectivity index (χ4v) is 1.67. The van der Waals surface area contributed by atoms with Crippen molar-refractivity contribution in [3.8, 4) is 0 Å². The third kappa shape index (κ3) is 7.78. The lowest BCUT2D eigenvalue weighted by molar-refractivity contribution is -0.139. The van der Waals surface area contributed by atoms with Gasteiger partial charge in [0.2, 0.25) is 0 Å². The van der Waals surface area contributed by atoms with E-state index < -0.39 is 12.0 Å². The SMILES string of the molecule is C=CCC(NC(=O)N(CCN(C)C)CC(C)C)C(=O)O. The Morgan fingerprint density at radius 2 is 1.90 bits per heavy atom. The Balaban J connectivity index is 4.65. The summed E-state index contributed by atoms with van der Waals surface area (Å²) in [6, 6.07) is -1.26. The summed E-state index contributed by atoms with van der Waals surface area (Å²) in [6.07, 6.45) is 1.70. The first-order valence-electron chi connectivity index (χ1n) is 6.81. The van der Waals surface area contributed by atoms with Gasteiger partial charge in [0.05, 0.1) is 0 Å². The van der Waals surface area contributed by atoms with E-state index in [1.807, 2.05) is 32.8 Å². The van der Waals surface area contributed by atoms with Crippen LogP contribution < -0.4 is 5.32 Å². The van der Waals surface area contributed by atoms with Crippen LogP contribution in [0.4, 0.5) is 4.79 Å². The Bertz CT molecular complexity index is 330. The molecular formula is C14H27N3O3. The molecule has 1 atom stereocenters. The molecule has 0 fully saturated rings. The third-order valence-electron chi connectivity index (χ3n) is 2.69. The van der Waals surface area contributed by atoms with Gasteiger partial charge in [-0.3, -0.25) is 0 Å². The molecule has 0 radical (unpaired) electrons. The number of aliphatic carboxylic acids is 1. The molecule has 0 rings (SSSR count). The van der Waals surface area contributed by atoms with Gasteiger partial charge < -0.3 is 20.2 Å². The van der Waals surface area contributed by atoms with Crippen molar-refractivity contribution in [3.63, 3.8) is 0 Å². The van der Waals surface area contributed by atoms with E-state index in [9.17, 15) is 9.59 Å². The third-order valence-corrected chi connectivity index (χ3v) is 2.69. The van der Waals surface area contributed by atoms with Crippen molar-refractivity contribution in [2.45, 2.75) is 26.3 Å². The standard InChI is InChI=1S/C14H27N3O3/c1-6-7-12(13(18)19)15-14(20)17(10-11(2)3)9-8-16(4)5/h6,11-12H,1,7-10H2,2-5H3,(H,15,20)(H,18,19). The van der Waals surface area contributed by atoms with E-state index in [1.54, 1.807) is 4.90 Å². The number of hydrogen-bond acceptors (Lipinski definition) is 3. The highest BCUT2D eigenvalue weighted by atomic mass is 16.4. The van der Waals surface area contributed by atoms with Crippen molar-refractivity contribution in [1.29, 1.82) is 0 Å². The monoisotopic (exact) mass is 285 g/mol. The second kappa shape index (κ2) is 9.36. The molecule has 0 aliphatic heterocycles. The fraction of sp³-hybridized carbons (Fsp3) is 0.714. The van der Waals surface area contributed by atoms with Crippen LogP contribution in [0.25, 0.3) is 0 Å². The molecule has 0 aliphatic carbocycles. The highest BCUT2D eigenvalue weighted by molar-refractivity contribution is 5.82. The van der Waals surface area contributed by atoms with Crippen molar-refractivity contribution in [2.75, 3.05) is 33.7 Å². The number of nitrogens with zero attached hydrogens (tertiary/aromatic N) is 2. The van der Waals surface area contributed by atoms with Gasteiger partial charge in [-0.05, 0) is 26.4 Å². The minimum absolute atomic E-state index is 0.213. The lowest BCUT2D eigenvalue weighted by Gasteiger charge is -2.27. The molecular weight excluding hydrogens is 258 g/mol. The van der Waals surface area contributed by atoms with Gasteiger partial charge in [-0.2, -0.15) is 0 Å². The van der Waals surface area contributed by atoms with E-state index in [-0.39, 0.29) is 12.5 Å². The highest BCUT2D eigenvalue weighted by Crippen LogP contribution is 2.02. The smallest absolute Gasteiger partial charge is 0.326 e. The van der Waals surface area contributed by atoms with Crippen molar-refractivity contribution in [3.05, 3.63) is 12.7 Å². The first-order valence-corrected chi connectivity index (χ1v) is 6.81. The van der Waals surface area contributed by atoms with Crippen LogP contribution in [-0.4, -0.2) is 66.7 Å². The van der Waals surface area contributed by atoms with Crippen LogP contribution in [0, 0.1) is 5.92 Å². The topological polar surface area (TPSA) is 72.9 Å². The summed E-state index contributed by atoms with van der Waals surface area (Å²) in [4.78, 5) is 26.9. The van der Waals surface area contributed by atoms with E-state index in [1.165, 1.54) is 6.08 Å². The number of carbonyl (C=O) groups is 2. The minimum atomic E-state index is -1.05. The highest BCUT2D eigenvalue weighted by Gasteiger charge is 2.22. The summed E-state index contributed by atoms with van der Waals surface area (Å²) in [5.74, 6) is -0.721.